The lowest BCUT2D eigenvalue weighted by atomic mass is 9.78. The van der Waals surface area contributed by atoms with Crippen LogP contribution in [0.1, 0.15) is 54.0 Å². The molecule has 1 N–H and O–H groups in total. The Kier molecular flexibility index (Phi) is 7.36. The fourth-order valence-corrected chi connectivity index (χ4v) is 5.60. The molecule has 1 unspecified atom stereocenters. The second-order valence-electron chi connectivity index (χ2n) is 10.7. The van der Waals surface area contributed by atoms with E-state index in [9.17, 15) is 8.94 Å². The molecule has 0 radical (unpaired) electrons. The van der Waals surface area contributed by atoms with Crippen LogP contribution in [0.25, 0.3) is 0 Å². The lowest BCUT2D eigenvalue weighted by Gasteiger charge is -2.44. The molecule has 1 aliphatic heterocycles. The molecule has 1 saturated heterocycles. The molecule has 166 valence electrons. The first-order chi connectivity index (χ1) is 13.1. The van der Waals surface area contributed by atoms with Crippen molar-refractivity contribution in [1.29, 1.82) is 0 Å². The Labute approximate surface area is 180 Å². The van der Waals surface area contributed by atoms with Crippen molar-refractivity contribution >= 4 is 19.7 Å². The van der Waals surface area contributed by atoms with Crippen molar-refractivity contribution in [3.63, 3.8) is 0 Å². The Bertz CT molecular complexity index is 704. The van der Waals surface area contributed by atoms with Gasteiger partial charge in [0.25, 0.3) is 0 Å². The summed E-state index contributed by atoms with van der Waals surface area (Å²) in [6.07, 6.45) is -0.190. The van der Waals surface area contributed by atoms with E-state index in [1.54, 1.807) is 12.1 Å². The summed E-state index contributed by atoms with van der Waals surface area (Å²) in [5.74, 6) is -0.480. The average molecular weight is 444 g/mol. The van der Waals surface area contributed by atoms with Crippen molar-refractivity contribution in [2.24, 2.45) is 5.92 Å². The number of rotatable bonds is 6. The number of nitrogens with one attached hydrogen (secondary N) is 1. The first-order valence-corrected chi connectivity index (χ1v) is 14.4. The summed E-state index contributed by atoms with van der Waals surface area (Å²) in [7, 11) is -2.06. The van der Waals surface area contributed by atoms with E-state index in [2.05, 4.69) is 38.6 Å². The Hall–Kier alpha value is -0.443. The number of halogens is 1. The Balaban J connectivity index is 2.46. The lowest BCUT2D eigenvalue weighted by molar-refractivity contribution is 0.0995. The Morgan fingerprint density at radius 3 is 2.21 bits per heavy atom. The van der Waals surface area contributed by atoms with E-state index < -0.39 is 30.0 Å². The normalized spacial score (nSPS) is 24.4. The minimum absolute atomic E-state index is 0.0518. The zero-order chi connectivity index (χ0) is 22.3. The second kappa shape index (κ2) is 8.59. The molecule has 0 saturated carbocycles. The number of hydrogen-bond donors (Lipinski definition) is 1. The van der Waals surface area contributed by atoms with Crippen LogP contribution in [0.3, 0.4) is 0 Å². The van der Waals surface area contributed by atoms with Gasteiger partial charge in [-0.05, 0) is 51.9 Å². The summed E-state index contributed by atoms with van der Waals surface area (Å²) in [5, 5.41) is 0.0518. The molecular weight excluding hydrogens is 405 g/mol. The molecule has 1 aromatic carbocycles. The van der Waals surface area contributed by atoms with Crippen LogP contribution in [0.15, 0.2) is 24.3 Å². The van der Waals surface area contributed by atoms with Crippen LogP contribution in [-0.4, -0.2) is 36.9 Å². The van der Waals surface area contributed by atoms with Gasteiger partial charge in [-0.1, -0.05) is 39.0 Å². The van der Waals surface area contributed by atoms with E-state index in [1.807, 2.05) is 33.8 Å². The van der Waals surface area contributed by atoms with E-state index in [0.717, 1.165) is 0 Å². The molecule has 4 nitrogen and oxygen atoms in total. The molecule has 2 rings (SSSR count). The molecule has 0 spiro atoms. The largest absolute Gasteiger partial charge is 0.598 e. The quantitative estimate of drug-likeness (QED) is 0.489. The monoisotopic (exact) mass is 443 g/mol. The molecule has 1 heterocycles. The molecule has 4 atom stereocenters. The van der Waals surface area contributed by atoms with Gasteiger partial charge in [-0.25, -0.2) is 4.39 Å². The highest BCUT2D eigenvalue weighted by atomic mass is 32.2. The van der Waals surface area contributed by atoms with Gasteiger partial charge in [0.05, 0.1) is 24.9 Å². The summed E-state index contributed by atoms with van der Waals surface area (Å²) < 4.78 is 43.3. The molecule has 1 aliphatic rings. The van der Waals surface area contributed by atoms with Crippen LogP contribution in [-0.2, 0) is 26.1 Å². The molecule has 0 aromatic heterocycles. The molecule has 0 amide bonds. The average Bonchev–Trinajstić information content (AvgIpc) is 3.01. The Morgan fingerprint density at radius 2 is 1.69 bits per heavy atom. The minimum atomic E-state index is -2.06. The van der Waals surface area contributed by atoms with Gasteiger partial charge in [-0.15, -0.1) is 4.72 Å². The summed E-state index contributed by atoms with van der Waals surface area (Å²) in [5.41, 5.74) is -0.399. The summed E-state index contributed by atoms with van der Waals surface area (Å²) in [6.45, 7) is 19.6. The van der Waals surface area contributed by atoms with Crippen molar-refractivity contribution in [2.45, 2.75) is 83.0 Å². The smallest absolute Gasteiger partial charge is 0.192 e. The van der Waals surface area contributed by atoms with Crippen molar-refractivity contribution < 1.29 is 18.1 Å². The molecule has 1 fully saturated rings. The van der Waals surface area contributed by atoms with Crippen molar-refractivity contribution in [1.82, 2.24) is 4.72 Å². The van der Waals surface area contributed by atoms with Gasteiger partial charge in [0.2, 0.25) is 0 Å². The predicted octanol–water partition coefficient (Wildman–Crippen LogP) is 5.13. The van der Waals surface area contributed by atoms with E-state index in [-0.39, 0.29) is 22.9 Å². The SMILES string of the molecule is CC(C)(C)[S+]([O-])N[C@](C)(c1ccccc1F)[C@H]1COC[C@H]1O[Si](C)(C)C(C)(C)C. The first-order valence-electron chi connectivity index (χ1n) is 10.3. The summed E-state index contributed by atoms with van der Waals surface area (Å²) in [6, 6.07) is 6.71. The van der Waals surface area contributed by atoms with Gasteiger partial charge >= 0.3 is 0 Å². The van der Waals surface area contributed by atoms with Gasteiger partial charge in [0.1, 0.15) is 10.6 Å². The van der Waals surface area contributed by atoms with Crippen LogP contribution in [0.5, 0.6) is 0 Å². The number of benzene rings is 1. The standard InChI is InChI=1S/C22H38FNO3SSi/c1-20(2,3)28(25)24-22(7,16-12-10-11-13-18(16)23)17-14-26-15-19(17)27-29(8,9)21(4,5)6/h10-13,17,19,24H,14-15H2,1-9H3/t17-,19+,22+,28?/m0/s1. The minimum Gasteiger partial charge on any atom is -0.598 e. The van der Waals surface area contributed by atoms with Gasteiger partial charge in [-0.2, -0.15) is 0 Å². The summed E-state index contributed by atoms with van der Waals surface area (Å²) in [4.78, 5) is 0. The molecule has 7 heteroatoms. The molecule has 0 aliphatic carbocycles. The fourth-order valence-electron chi connectivity index (χ4n) is 3.30. The summed E-state index contributed by atoms with van der Waals surface area (Å²) >= 11 is -1.38. The maximum atomic E-state index is 14.9. The predicted molar refractivity (Wildman–Crippen MR) is 121 cm³/mol. The molecule has 0 bridgehead atoms. The van der Waals surface area contributed by atoms with Crippen LogP contribution >= 0.6 is 0 Å². The second-order valence-corrected chi connectivity index (χ2v) is 17.4. The van der Waals surface area contributed by atoms with E-state index in [1.165, 1.54) is 6.07 Å². The highest BCUT2D eigenvalue weighted by Gasteiger charge is 2.52. The lowest BCUT2D eigenvalue weighted by Crippen LogP contribution is -2.58. The van der Waals surface area contributed by atoms with Crippen LogP contribution in [0.2, 0.25) is 18.1 Å². The van der Waals surface area contributed by atoms with Gasteiger partial charge in [0.15, 0.2) is 8.32 Å². The van der Waals surface area contributed by atoms with Crippen LogP contribution in [0, 0.1) is 11.7 Å². The maximum absolute atomic E-state index is 14.9. The van der Waals surface area contributed by atoms with E-state index in [0.29, 0.717) is 18.8 Å². The third-order valence-corrected chi connectivity index (χ3v) is 12.5. The van der Waals surface area contributed by atoms with Gasteiger partial charge in [0, 0.05) is 22.8 Å². The molecular formula is C22H38FNO3SSi. The van der Waals surface area contributed by atoms with Crippen molar-refractivity contribution in [3.05, 3.63) is 35.6 Å². The van der Waals surface area contributed by atoms with E-state index in [4.69, 9.17) is 9.16 Å². The van der Waals surface area contributed by atoms with Crippen LogP contribution in [0.4, 0.5) is 4.39 Å². The third kappa shape index (κ3) is 5.43. The molecule has 1 aromatic rings. The zero-order valence-corrected chi connectivity index (χ0v) is 21.2. The topological polar surface area (TPSA) is 53.5 Å². The third-order valence-electron chi connectivity index (χ3n) is 6.32. The zero-order valence-electron chi connectivity index (χ0n) is 19.4. The highest BCUT2D eigenvalue weighted by molar-refractivity contribution is 7.90. The number of hydrogen-bond acceptors (Lipinski definition) is 4. The van der Waals surface area contributed by atoms with Crippen molar-refractivity contribution in [3.8, 4) is 0 Å². The van der Waals surface area contributed by atoms with Crippen molar-refractivity contribution in [2.75, 3.05) is 13.2 Å². The van der Waals surface area contributed by atoms with Crippen LogP contribution < -0.4 is 4.72 Å². The maximum Gasteiger partial charge on any atom is 0.192 e. The number of ether oxygens (including phenoxy) is 1. The van der Waals surface area contributed by atoms with Gasteiger partial charge < -0.3 is 13.7 Å². The first kappa shape index (κ1) is 24.8. The Morgan fingerprint density at radius 1 is 1.10 bits per heavy atom. The highest BCUT2D eigenvalue weighted by Crippen LogP contribution is 2.43. The van der Waals surface area contributed by atoms with Gasteiger partial charge in [-0.3, -0.25) is 0 Å². The fraction of sp³-hybridized carbons (Fsp3) is 0.727. The van der Waals surface area contributed by atoms with E-state index >= 15 is 0 Å². The molecule has 29 heavy (non-hydrogen) atoms.